The highest BCUT2D eigenvalue weighted by Gasteiger charge is 2.15. The summed E-state index contributed by atoms with van der Waals surface area (Å²) >= 11 is 0. The Bertz CT molecular complexity index is 436. The number of urea groups is 1. The number of nitrogens with one attached hydrogen (secondary N) is 3. The lowest BCUT2D eigenvalue weighted by molar-refractivity contribution is 0.245. The molecule has 0 unspecified atom stereocenters. The van der Waals surface area contributed by atoms with Gasteiger partial charge in [0.05, 0.1) is 0 Å². The van der Waals surface area contributed by atoms with Gasteiger partial charge in [-0.25, -0.2) is 9.18 Å². The van der Waals surface area contributed by atoms with Crippen molar-refractivity contribution in [2.24, 2.45) is 0 Å². The molecule has 1 heterocycles. The van der Waals surface area contributed by atoms with E-state index in [1.165, 1.54) is 12.1 Å². The van der Waals surface area contributed by atoms with Crippen LogP contribution in [0.4, 0.5) is 14.9 Å². The Morgan fingerprint density at radius 3 is 2.89 bits per heavy atom. The molecule has 1 atom stereocenters. The lowest BCUT2D eigenvalue weighted by Crippen LogP contribution is -2.47. The number of carbonyl (C=O) groups excluding carboxylic acids is 1. The second-order valence-corrected chi connectivity index (χ2v) is 4.60. The van der Waals surface area contributed by atoms with E-state index in [4.69, 9.17) is 0 Å². The molecular weight excluding hydrogens is 269 g/mol. The maximum absolute atomic E-state index is 12.9. The molecule has 0 aromatic heterocycles. The van der Waals surface area contributed by atoms with Crippen LogP contribution in [0.1, 0.15) is 18.4 Å². The molecule has 1 aromatic rings. The monoisotopic (exact) mass is 287 g/mol. The Kier molecular flexibility index (Phi) is 6.05. The molecule has 6 heteroatoms. The molecule has 0 radical (unpaired) electrons. The van der Waals surface area contributed by atoms with Crippen LogP contribution in [0.15, 0.2) is 18.2 Å². The number of rotatable bonds is 2. The maximum atomic E-state index is 12.9. The fourth-order valence-corrected chi connectivity index (χ4v) is 2.09. The first-order valence-electron chi connectivity index (χ1n) is 6.19. The van der Waals surface area contributed by atoms with Gasteiger partial charge in [-0.15, -0.1) is 12.4 Å². The standard InChI is InChI=1S/C13H18FN3O.ClH/c1-9-7-10(14)4-5-12(9)17-13(18)16-11-3-2-6-15-8-11;/h4-5,7,11,15H,2-3,6,8H2,1H3,(H2,16,17,18);1H/t11-;/m1./s1. The number of halogens is 2. The van der Waals surface area contributed by atoms with Gasteiger partial charge in [-0.2, -0.15) is 0 Å². The van der Waals surface area contributed by atoms with Gasteiger partial charge in [0, 0.05) is 18.3 Å². The van der Waals surface area contributed by atoms with Gasteiger partial charge in [0.1, 0.15) is 5.82 Å². The van der Waals surface area contributed by atoms with Crippen molar-refractivity contribution < 1.29 is 9.18 Å². The van der Waals surface area contributed by atoms with E-state index < -0.39 is 0 Å². The Balaban J connectivity index is 0.00000180. The predicted molar refractivity (Wildman–Crippen MR) is 76.4 cm³/mol. The van der Waals surface area contributed by atoms with Gasteiger partial charge in [0.2, 0.25) is 0 Å². The molecule has 3 N–H and O–H groups in total. The van der Waals surface area contributed by atoms with Gasteiger partial charge in [0.15, 0.2) is 0 Å². The lowest BCUT2D eigenvalue weighted by Gasteiger charge is -2.24. The highest BCUT2D eigenvalue weighted by molar-refractivity contribution is 5.90. The van der Waals surface area contributed by atoms with Crippen LogP contribution in [0, 0.1) is 12.7 Å². The van der Waals surface area contributed by atoms with E-state index in [0.29, 0.717) is 11.3 Å². The van der Waals surface area contributed by atoms with Crippen LogP contribution < -0.4 is 16.0 Å². The number of benzene rings is 1. The van der Waals surface area contributed by atoms with Crippen LogP contribution in [0.5, 0.6) is 0 Å². The Morgan fingerprint density at radius 2 is 2.26 bits per heavy atom. The molecule has 1 aliphatic heterocycles. The fourth-order valence-electron chi connectivity index (χ4n) is 2.09. The average molecular weight is 288 g/mol. The van der Waals surface area contributed by atoms with Crippen LogP contribution in [0.3, 0.4) is 0 Å². The molecule has 106 valence electrons. The highest BCUT2D eigenvalue weighted by atomic mass is 35.5. The van der Waals surface area contributed by atoms with Gasteiger partial charge in [-0.3, -0.25) is 0 Å². The minimum Gasteiger partial charge on any atom is -0.334 e. The summed E-state index contributed by atoms with van der Waals surface area (Å²) in [4.78, 5) is 11.8. The quantitative estimate of drug-likeness (QED) is 0.782. The molecule has 4 nitrogen and oxygen atoms in total. The lowest BCUT2D eigenvalue weighted by atomic mass is 10.1. The van der Waals surface area contributed by atoms with E-state index >= 15 is 0 Å². The molecule has 2 rings (SSSR count). The molecule has 0 saturated carbocycles. The average Bonchev–Trinajstić information content (AvgIpc) is 2.34. The number of hydrogen-bond acceptors (Lipinski definition) is 2. The first kappa shape index (κ1) is 15.7. The van der Waals surface area contributed by atoms with Crippen molar-refractivity contribution in [3.05, 3.63) is 29.6 Å². The Hall–Kier alpha value is -1.33. The van der Waals surface area contributed by atoms with Crippen molar-refractivity contribution in [3.8, 4) is 0 Å². The van der Waals surface area contributed by atoms with Crippen molar-refractivity contribution in [3.63, 3.8) is 0 Å². The molecule has 0 bridgehead atoms. The summed E-state index contributed by atoms with van der Waals surface area (Å²) in [5, 5.41) is 8.87. The topological polar surface area (TPSA) is 53.2 Å². The van der Waals surface area contributed by atoms with Crippen LogP contribution in [0.25, 0.3) is 0 Å². The van der Waals surface area contributed by atoms with E-state index in [9.17, 15) is 9.18 Å². The van der Waals surface area contributed by atoms with Crippen molar-refractivity contribution in [1.29, 1.82) is 0 Å². The number of hydrogen-bond donors (Lipinski definition) is 3. The fraction of sp³-hybridized carbons (Fsp3) is 0.462. The van der Waals surface area contributed by atoms with Crippen molar-refractivity contribution in [1.82, 2.24) is 10.6 Å². The number of aryl methyl sites for hydroxylation is 1. The number of amides is 2. The van der Waals surface area contributed by atoms with Gasteiger partial charge < -0.3 is 16.0 Å². The molecule has 1 fully saturated rings. The van der Waals surface area contributed by atoms with Gasteiger partial charge in [0.25, 0.3) is 0 Å². The first-order chi connectivity index (χ1) is 8.65. The molecule has 1 aliphatic rings. The van der Waals surface area contributed by atoms with E-state index in [0.717, 1.165) is 25.9 Å². The number of piperidine rings is 1. The van der Waals surface area contributed by atoms with Gasteiger partial charge in [-0.1, -0.05) is 0 Å². The minimum absolute atomic E-state index is 0. The van der Waals surface area contributed by atoms with Crippen molar-refractivity contribution in [2.75, 3.05) is 18.4 Å². The normalized spacial score (nSPS) is 18.3. The SMILES string of the molecule is Cc1cc(F)ccc1NC(=O)N[C@@H]1CCCNC1.Cl. The van der Waals surface area contributed by atoms with Crippen molar-refractivity contribution >= 4 is 24.1 Å². The maximum Gasteiger partial charge on any atom is 0.319 e. The second-order valence-electron chi connectivity index (χ2n) is 4.60. The third-order valence-corrected chi connectivity index (χ3v) is 3.07. The summed E-state index contributed by atoms with van der Waals surface area (Å²) in [6, 6.07) is 4.24. The largest absolute Gasteiger partial charge is 0.334 e. The molecule has 0 spiro atoms. The van der Waals surface area contributed by atoms with Crippen LogP contribution in [-0.4, -0.2) is 25.2 Å². The molecule has 19 heavy (non-hydrogen) atoms. The summed E-state index contributed by atoms with van der Waals surface area (Å²) in [6.07, 6.45) is 2.06. The van der Waals surface area contributed by atoms with E-state index in [1.54, 1.807) is 13.0 Å². The zero-order valence-corrected chi connectivity index (χ0v) is 11.6. The van der Waals surface area contributed by atoms with E-state index in [1.807, 2.05) is 0 Å². The van der Waals surface area contributed by atoms with Gasteiger partial charge >= 0.3 is 6.03 Å². The molecular formula is C13H19ClFN3O. The van der Waals surface area contributed by atoms with E-state index in [2.05, 4.69) is 16.0 Å². The number of anilines is 1. The third kappa shape index (κ3) is 4.69. The smallest absolute Gasteiger partial charge is 0.319 e. The van der Waals surface area contributed by atoms with E-state index in [-0.39, 0.29) is 30.3 Å². The number of carbonyl (C=O) groups is 1. The Labute approximate surface area is 118 Å². The summed E-state index contributed by atoms with van der Waals surface area (Å²) in [7, 11) is 0. The van der Waals surface area contributed by atoms with Crippen LogP contribution >= 0.6 is 12.4 Å². The third-order valence-electron chi connectivity index (χ3n) is 3.07. The first-order valence-corrected chi connectivity index (χ1v) is 6.19. The Morgan fingerprint density at radius 1 is 1.47 bits per heavy atom. The summed E-state index contributed by atoms with van der Waals surface area (Å²) in [6.45, 7) is 3.58. The molecule has 2 amide bonds. The van der Waals surface area contributed by atoms with Crippen molar-refractivity contribution in [2.45, 2.75) is 25.8 Å². The highest BCUT2D eigenvalue weighted by Crippen LogP contribution is 2.15. The second kappa shape index (κ2) is 7.31. The summed E-state index contributed by atoms with van der Waals surface area (Å²) < 4.78 is 12.9. The predicted octanol–water partition coefficient (Wildman–Crippen LogP) is 2.43. The minimum atomic E-state index is -0.296. The molecule has 1 saturated heterocycles. The zero-order valence-electron chi connectivity index (χ0n) is 10.8. The summed E-state index contributed by atoms with van der Waals surface area (Å²) in [5.41, 5.74) is 1.35. The van der Waals surface area contributed by atoms with Crippen LogP contribution in [-0.2, 0) is 0 Å². The zero-order chi connectivity index (χ0) is 13.0. The molecule has 1 aromatic carbocycles. The molecule has 0 aliphatic carbocycles. The van der Waals surface area contributed by atoms with Crippen LogP contribution in [0.2, 0.25) is 0 Å². The van der Waals surface area contributed by atoms with Gasteiger partial charge in [-0.05, 0) is 50.1 Å². The summed E-state index contributed by atoms with van der Waals surface area (Å²) in [5.74, 6) is -0.296.